The van der Waals surface area contributed by atoms with Gasteiger partial charge < -0.3 is 15.0 Å². The molecule has 1 atom stereocenters. The number of hydrogen-bond donors (Lipinski definition) is 1. The minimum absolute atomic E-state index is 0.0261. The van der Waals surface area contributed by atoms with Crippen molar-refractivity contribution in [1.29, 1.82) is 0 Å². The maximum absolute atomic E-state index is 13.7. The first kappa shape index (κ1) is 21.7. The average molecular weight is 416 g/mol. The predicted octanol–water partition coefficient (Wildman–Crippen LogP) is 4.32. The number of methoxy groups -OCH3 is 1. The summed E-state index contributed by atoms with van der Waals surface area (Å²) in [4.78, 5) is 26.8. The Kier molecular flexibility index (Phi) is 7.03. The van der Waals surface area contributed by atoms with E-state index in [0.29, 0.717) is 18.4 Å². The SMILES string of the molecule is COc1ccc(N(C(=O)CCCNC(=O)c2ccc(F)cc2F)C(C)C2CC2)cc1. The van der Waals surface area contributed by atoms with Gasteiger partial charge in [-0.3, -0.25) is 9.59 Å². The molecule has 0 bridgehead atoms. The standard InChI is InChI=1S/C23H26F2N2O3/c1-15(16-5-6-16)27(18-8-10-19(30-2)11-9-18)22(28)4-3-13-26-23(29)20-12-7-17(24)14-21(20)25/h7-12,14-16H,3-6,13H2,1-2H3,(H,26,29). The van der Waals surface area contributed by atoms with E-state index in [1.165, 1.54) is 0 Å². The van der Waals surface area contributed by atoms with Gasteiger partial charge in [-0.05, 0) is 68.5 Å². The van der Waals surface area contributed by atoms with E-state index in [4.69, 9.17) is 4.74 Å². The maximum Gasteiger partial charge on any atom is 0.254 e. The second-order valence-electron chi connectivity index (χ2n) is 7.52. The van der Waals surface area contributed by atoms with Gasteiger partial charge in [0, 0.05) is 30.8 Å². The first-order valence-electron chi connectivity index (χ1n) is 10.1. The second kappa shape index (κ2) is 9.69. The predicted molar refractivity (Wildman–Crippen MR) is 111 cm³/mol. The summed E-state index contributed by atoms with van der Waals surface area (Å²) in [5, 5.41) is 2.58. The number of rotatable bonds is 9. The van der Waals surface area contributed by atoms with E-state index in [-0.39, 0.29) is 30.5 Å². The Balaban J connectivity index is 1.56. The van der Waals surface area contributed by atoms with Crippen LogP contribution in [0, 0.1) is 17.6 Å². The van der Waals surface area contributed by atoms with E-state index in [9.17, 15) is 18.4 Å². The topological polar surface area (TPSA) is 58.6 Å². The Morgan fingerprint density at radius 2 is 1.87 bits per heavy atom. The highest BCUT2D eigenvalue weighted by Gasteiger charge is 2.34. The van der Waals surface area contributed by atoms with E-state index in [0.717, 1.165) is 36.4 Å². The van der Waals surface area contributed by atoms with Crippen molar-refractivity contribution in [3.63, 3.8) is 0 Å². The highest BCUT2D eigenvalue weighted by molar-refractivity contribution is 5.95. The lowest BCUT2D eigenvalue weighted by Crippen LogP contribution is -2.40. The van der Waals surface area contributed by atoms with Crippen LogP contribution >= 0.6 is 0 Å². The minimum atomic E-state index is -0.910. The van der Waals surface area contributed by atoms with Gasteiger partial charge in [0.1, 0.15) is 17.4 Å². The molecule has 0 aliphatic heterocycles. The van der Waals surface area contributed by atoms with E-state index < -0.39 is 17.5 Å². The lowest BCUT2D eigenvalue weighted by atomic mass is 10.1. The summed E-state index contributed by atoms with van der Waals surface area (Å²) in [6, 6.07) is 10.3. The third-order valence-electron chi connectivity index (χ3n) is 5.36. The number of anilines is 1. The number of carbonyl (C=O) groups is 2. The van der Waals surface area contributed by atoms with Gasteiger partial charge in [0.05, 0.1) is 12.7 Å². The zero-order chi connectivity index (χ0) is 21.7. The van der Waals surface area contributed by atoms with Crippen molar-refractivity contribution in [3.8, 4) is 5.75 Å². The number of amides is 2. The van der Waals surface area contributed by atoms with Gasteiger partial charge >= 0.3 is 0 Å². The Bertz CT molecular complexity index is 898. The molecule has 2 amide bonds. The van der Waals surface area contributed by atoms with Gasteiger partial charge in [-0.1, -0.05) is 0 Å². The highest BCUT2D eigenvalue weighted by atomic mass is 19.1. The molecule has 0 radical (unpaired) electrons. The fraction of sp³-hybridized carbons (Fsp3) is 0.391. The molecule has 0 spiro atoms. The van der Waals surface area contributed by atoms with Crippen molar-refractivity contribution in [2.75, 3.05) is 18.6 Å². The fourth-order valence-electron chi connectivity index (χ4n) is 3.47. The van der Waals surface area contributed by atoms with E-state index in [2.05, 4.69) is 12.2 Å². The van der Waals surface area contributed by atoms with Crippen molar-refractivity contribution in [1.82, 2.24) is 5.32 Å². The first-order valence-corrected chi connectivity index (χ1v) is 10.1. The molecular weight excluding hydrogens is 390 g/mol. The van der Waals surface area contributed by atoms with Crippen molar-refractivity contribution in [3.05, 3.63) is 59.7 Å². The first-order chi connectivity index (χ1) is 14.4. The number of carbonyl (C=O) groups excluding carboxylic acids is 2. The Morgan fingerprint density at radius 3 is 2.47 bits per heavy atom. The van der Waals surface area contributed by atoms with Crippen LogP contribution in [0.25, 0.3) is 0 Å². The van der Waals surface area contributed by atoms with Gasteiger partial charge in [0.2, 0.25) is 5.91 Å². The summed E-state index contributed by atoms with van der Waals surface area (Å²) in [6.45, 7) is 2.27. The van der Waals surface area contributed by atoms with Gasteiger partial charge in [0.25, 0.3) is 5.91 Å². The molecule has 2 aromatic carbocycles. The van der Waals surface area contributed by atoms with Crippen LogP contribution in [-0.2, 0) is 4.79 Å². The molecule has 30 heavy (non-hydrogen) atoms. The lowest BCUT2D eigenvalue weighted by molar-refractivity contribution is -0.119. The number of nitrogens with zero attached hydrogens (tertiary/aromatic N) is 1. The summed E-state index contributed by atoms with van der Waals surface area (Å²) in [6.07, 6.45) is 2.88. The molecule has 7 heteroatoms. The van der Waals surface area contributed by atoms with Crippen molar-refractivity contribution in [2.45, 2.75) is 38.6 Å². The number of ether oxygens (including phenoxy) is 1. The van der Waals surface area contributed by atoms with Crippen LogP contribution in [0.5, 0.6) is 5.75 Å². The fourth-order valence-corrected chi connectivity index (χ4v) is 3.47. The summed E-state index contributed by atoms with van der Waals surface area (Å²) in [5.74, 6) is -1.08. The average Bonchev–Trinajstić information content (AvgIpc) is 3.57. The molecule has 1 N–H and O–H groups in total. The van der Waals surface area contributed by atoms with Crippen molar-refractivity contribution in [2.24, 2.45) is 5.92 Å². The maximum atomic E-state index is 13.7. The zero-order valence-electron chi connectivity index (χ0n) is 17.2. The third kappa shape index (κ3) is 5.34. The van der Waals surface area contributed by atoms with Crippen LogP contribution in [0.2, 0.25) is 0 Å². The molecule has 1 fully saturated rings. The quantitative estimate of drug-likeness (QED) is 0.620. The molecule has 0 heterocycles. The Morgan fingerprint density at radius 1 is 1.17 bits per heavy atom. The van der Waals surface area contributed by atoms with Gasteiger partial charge in [-0.15, -0.1) is 0 Å². The van der Waals surface area contributed by atoms with Crippen molar-refractivity contribution < 1.29 is 23.1 Å². The van der Waals surface area contributed by atoms with Crippen LogP contribution in [0.3, 0.4) is 0 Å². The Hall–Kier alpha value is -2.96. The number of nitrogens with one attached hydrogen (secondary N) is 1. The van der Waals surface area contributed by atoms with Gasteiger partial charge in [-0.2, -0.15) is 0 Å². The zero-order valence-corrected chi connectivity index (χ0v) is 17.2. The smallest absolute Gasteiger partial charge is 0.254 e. The monoisotopic (exact) mass is 416 g/mol. The molecule has 2 aromatic rings. The Labute approximate surface area is 175 Å². The molecule has 5 nitrogen and oxygen atoms in total. The van der Waals surface area contributed by atoms with E-state index in [1.54, 1.807) is 7.11 Å². The molecule has 1 aliphatic carbocycles. The molecule has 3 rings (SSSR count). The van der Waals surface area contributed by atoms with Crippen LogP contribution in [0.4, 0.5) is 14.5 Å². The number of hydrogen-bond acceptors (Lipinski definition) is 3. The van der Waals surface area contributed by atoms with Crippen molar-refractivity contribution >= 4 is 17.5 Å². The largest absolute Gasteiger partial charge is 0.497 e. The summed E-state index contributed by atoms with van der Waals surface area (Å²) in [7, 11) is 1.59. The summed E-state index contributed by atoms with van der Waals surface area (Å²) in [5.41, 5.74) is 0.600. The van der Waals surface area contributed by atoms with Crippen LogP contribution in [0.1, 0.15) is 43.0 Å². The molecule has 0 aromatic heterocycles. The summed E-state index contributed by atoms with van der Waals surface area (Å²) < 4.78 is 31.8. The molecule has 160 valence electrons. The van der Waals surface area contributed by atoms with Gasteiger partial charge in [-0.25, -0.2) is 8.78 Å². The summed E-state index contributed by atoms with van der Waals surface area (Å²) >= 11 is 0. The second-order valence-corrected chi connectivity index (χ2v) is 7.52. The number of halogens is 2. The van der Waals surface area contributed by atoms with E-state index >= 15 is 0 Å². The van der Waals surface area contributed by atoms with Crippen LogP contribution in [0.15, 0.2) is 42.5 Å². The third-order valence-corrected chi connectivity index (χ3v) is 5.36. The molecule has 0 saturated heterocycles. The molecule has 1 unspecified atom stereocenters. The highest BCUT2D eigenvalue weighted by Crippen LogP contribution is 2.37. The molecular formula is C23H26F2N2O3. The van der Waals surface area contributed by atoms with Gasteiger partial charge in [0.15, 0.2) is 0 Å². The van der Waals surface area contributed by atoms with Crippen LogP contribution in [-0.4, -0.2) is 31.5 Å². The van der Waals surface area contributed by atoms with Crippen LogP contribution < -0.4 is 15.0 Å². The molecule has 1 aliphatic rings. The lowest BCUT2D eigenvalue weighted by Gasteiger charge is -2.30. The molecule has 1 saturated carbocycles. The number of benzene rings is 2. The van der Waals surface area contributed by atoms with E-state index in [1.807, 2.05) is 29.2 Å². The normalized spacial score (nSPS) is 14.1. The minimum Gasteiger partial charge on any atom is -0.497 e.